The third-order valence-corrected chi connectivity index (χ3v) is 3.75. The molecule has 2 N–H and O–H groups in total. The summed E-state index contributed by atoms with van der Waals surface area (Å²) in [6.07, 6.45) is -0.208. The average Bonchev–Trinajstić information content (AvgIpc) is 3.17. The lowest BCUT2D eigenvalue weighted by atomic mass is 10.2. The number of aromatic nitrogens is 4. The number of aryl methyl sites for hydroxylation is 1. The van der Waals surface area contributed by atoms with Gasteiger partial charge in [-0.25, -0.2) is 4.98 Å². The fourth-order valence-corrected chi connectivity index (χ4v) is 2.51. The van der Waals surface area contributed by atoms with Crippen LogP contribution in [0.5, 0.6) is 0 Å². The van der Waals surface area contributed by atoms with Gasteiger partial charge < -0.3 is 14.6 Å². The van der Waals surface area contributed by atoms with Crippen LogP contribution in [0.1, 0.15) is 43.3 Å². The number of morpholine rings is 1. The number of nitrogens with one attached hydrogen (secondary N) is 2. The van der Waals surface area contributed by atoms with Gasteiger partial charge in [0, 0.05) is 25.1 Å². The molecular formula is C15H22N6O3. The van der Waals surface area contributed by atoms with Crippen molar-refractivity contribution < 1.29 is 14.1 Å². The molecule has 0 radical (unpaired) electrons. The van der Waals surface area contributed by atoms with E-state index in [-0.39, 0.29) is 24.5 Å². The molecule has 3 rings (SSSR count). The van der Waals surface area contributed by atoms with Crippen molar-refractivity contribution in [3.63, 3.8) is 0 Å². The van der Waals surface area contributed by atoms with Gasteiger partial charge >= 0.3 is 0 Å². The lowest BCUT2D eigenvalue weighted by Gasteiger charge is -2.31. The monoisotopic (exact) mass is 334 g/mol. The minimum Gasteiger partial charge on any atom is -0.368 e. The number of hydrogen-bond acceptors (Lipinski definition) is 7. The molecule has 1 aliphatic heterocycles. The third kappa shape index (κ3) is 3.98. The molecule has 1 amide bonds. The Hall–Kier alpha value is -2.26. The number of ether oxygens (including phenoxy) is 1. The van der Waals surface area contributed by atoms with Gasteiger partial charge in [0.25, 0.3) is 0 Å². The highest BCUT2D eigenvalue weighted by Gasteiger charge is 2.26. The summed E-state index contributed by atoms with van der Waals surface area (Å²) < 4.78 is 10.7. The zero-order valence-electron chi connectivity index (χ0n) is 14.1. The van der Waals surface area contributed by atoms with E-state index in [1.165, 1.54) is 0 Å². The van der Waals surface area contributed by atoms with Crippen LogP contribution in [0.15, 0.2) is 10.6 Å². The van der Waals surface area contributed by atoms with Crippen LogP contribution in [0, 0.1) is 6.92 Å². The van der Waals surface area contributed by atoms with E-state index in [2.05, 4.69) is 25.7 Å². The van der Waals surface area contributed by atoms with Gasteiger partial charge in [-0.1, -0.05) is 19.0 Å². The zero-order valence-corrected chi connectivity index (χ0v) is 14.1. The molecule has 24 heavy (non-hydrogen) atoms. The number of rotatable bonds is 5. The first-order valence-electron chi connectivity index (χ1n) is 8.00. The van der Waals surface area contributed by atoms with Gasteiger partial charge in [-0.3, -0.25) is 14.8 Å². The van der Waals surface area contributed by atoms with Crippen molar-refractivity contribution in [2.75, 3.05) is 31.6 Å². The van der Waals surface area contributed by atoms with Gasteiger partial charge in [-0.05, 0) is 6.92 Å². The second kappa shape index (κ2) is 7.10. The van der Waals surface area contributed by atoms with Crippen molar-refractivity contribution in [3.8, 4) is 0 Å². The van der Waals surface area contributed by atoms with Crippen molar-refractivity contribution in [3.05, 3.63) is 23.5 Å². The molecule has 9 heteroatoms. The van der Waals surface area contributed by atoms with Crippen LogP contribution in [0.4, 0.5) is 5.82 Å². The highest BCUT2D eigenvalue weighted by molar-refractivity contribution is 5.91. The summed E-state index contributed by atoms with van der Waals surface area (Å²) >= 11 is 0. The largest absolute Gasteiger partial charge is 0.368 e. The van der Waals surface area contributed by atoms with Gasteiger partial charge in [-0.15, -0.1) is 0 Å². The molecule has 1 aliphatic rings. The Bertz CT molecular complexity index is 695. The predicted octanol–water partition coefficient (Wildman–Crippen LogP) is 1.24. The fraction of sp³-hybridized carbons (Fsp3) is 0.600. The fourth-order valence-electron chi connectivity index (χ4n) is 2.51. The first-order chi connectivity index (χ1) is 11.5. The molecule has 0 saturated carbocycles. The Morgan fingerprint density at radius 3 is 3.04 bits per heavy atom. The molecule has 2 aromatic rings. The molecule has 0 aliphatic carbocycles. The Labute approximate surface area is 139 Å². The lowest BCUT2D eigenvalue weighted by Crippen LogP contribution is -2.42. The molecule has 9 nitrogen and oxygen atoms in total. The number of aromatic amines is 1. The van der Waals surface area contributed by atoms with Crippen LogP contribution in [0.25, 0.3) is 0 Å². The molecule has 2 aromatic heterocycles. The Kier molecular flexibility index (Phi) is 4.91. The van der Waals surface area contributed by atoms with Gasteiger partial charge in [0.15, 0.2) is 17.5 Å². The zero-order chi connectivity index (χ0) is 17.1. The number of H-pyrrole nitrogens is 1. The van der Waals surface area contributed by atoms with Gasteiger partial charge in [-0.2, -0.15) is 5.10 Å². The Balaban J connectivity index is 1.55. The molecule has 0 spiro atoms. The molecule has 0 aromatic carbocycles. The molecule has 0 bridgehead atoms. The average molecular weight is 334 g/mol. The van der Waals surface area contributed by atoms with E-state index in [0.29, 0.717) is 37.1 Å². The minimum absolute atomic E-state index is 0.135. The number of amides is 1. The van der Waals surface area contributed by atoms with Crippen LogP contribution in [0.3, 0.4) is 0 Å². The standard InChI is InChI=1S/C15H22N6O3/c1-9(2)14-17-15(19-18-14)11-7-21(4-5-23-11)8-13(22)16-12-6-10(3)24-20-12/h6,9,11H,4-5,7-8H2,1-3H3,(H,16,20,22)(H,17,18,19)/t11-/m0/s1. The number of carbonyl (C=O) groups is 1. The smallest absolute Gasteiger partial charge is 0.239 e. The van der Waals surface area contributed by atoms with Gasteiger partial charge in [0.05, 0.1) is 13.2 Å². The topological polar surface area (TPSA) is 109 Å². The maximum absolute atomic E-state index is 12.1. The van der Waals surface area contributed by atoms with Crippen LogP contribution in [-0.2, 0) is 9.53 Å². The summed E-state index contributed by atoms with van der Waals surface area (Å²) in [5, 5.41) is 13.6. The van der Waals surface area contributed by atoms with Crippen molar-refractivity contribution >= 4 is 11.7 Å². The van der Waals surface area contributed by atoms with Crippen molar-refractivity contribution in [2.24, 2.45) is 0 Å². The molecule has 1 saturated heterocycles. The summed E-state index contributed by atoms with van der Waals surface area (Å²) in [6.45, 7) is 7.92. The van der Waals surface area contributed by atoms with Gasteiger partial charge in [0.1, 0.15) is 11.9 Å². The first-order valence-corrected chi connectivity index (χ1v) is 8.00. The second-order valence-corrected chi connectivity index (χ2v) is 6.20. The van der Waals surface area contributed by atoms with E-state index in [9.17, 15) is 4.79 Å². The highest BCUT2D eigenvalue weighted by Crippen LogP contribution is 2.20. The first kappa shape index (κ1) is 16.6. The van der Waals surface area contributed by atoms with E-state index in [4.69, 9.17) is 9.26 Å². The van der Waals surface area contributed by atoms with E-state index in [1.807, 2.05) is 18.7 Å². The quantitative estimate of drug-likeness (QED) is 0.846. The number of anilines is 1. The summed E-state index contributed by atoms with van der Waals surface area (Å²) in [7, 11) is 0. The van der Waals surface area contributed by atoms with Crippen molar-refractivity contribution in [1.82, 2.24) is 25.2 Å². The molecule has 130 valence electrons. The summed E-state index contributed by atoms with van der Waals surface area (Å²) in [5.41, 5.74) is 0. The highest BCUT2D eigenvalue weighted by atomic mass is 16.5. The van der Waals surface area contributed by atoms with Crippen LogP contribution in [-0.4, -0.2) is 57.4 Å². The minimum atomic E-state index is -0.208. The Morgan fingerprint density at radius 1 is 1.54 bits per heavy atom. The Morgan fingerprint density at radius 2 is 2.38 bits per heavy atom. The van der Waals surface area contributed by atoms with E-state index < -0.39 is 0 Å². The number of hydrogen-bond donors (Lipinski definition) is 2. The van der Waals surface area contributed by atoms with E-state index in [0.717, 1.165) is 5.82 Å². The normalized spacial score (nSPS) is 18.9. The predicted molar refractivity (Wildman–Crippen MR) is 85.5 cm³/mol. The maximum atomic E-state index is 12.1. The van der Waals surface area contributed by atoms with E-state index >= 15 is 0 Å². The van der Waals surface area contributed by atoms with Crippen molar-refractivity contribution in [1.29, 1.82) is 0 Å². The van der Waals surface area contributed by atoms with Gasteiger partial charge in [0.2, 0.25) is 5.91 Å². The molecule has 0 unspecified atom stereocenters. The van der Waals surface area contributed by atoms with Crippen LogP contribution in [0.2, 0.25) is 0 Å². The van der Waals surface area contributed by atoms with Crippen molar-refractivity contribution in [2.45, 2.75) is 32.8 Å². The summed E-state index contributed by atoms with van der Waals surface area (Å²) in [4.78, 5) is 18.6. The lowest BCUT2D eigenvalue weighted by molar-refractivity contribution is -0.119. The number of carbonyl (C=O) groups excluding carboxylic acids is 1. The number of nitrogens with zero attached hydrogens (tertiary/aromatic N) is 4. The SMILES string of the molecule is Cc1cc(NC(=O)CN2CCO[C@H](c3nc(C(C)C)n[nH]3)C2)no1. The molecule has 1 fully saturated rings. The third-order valence-electron chi connectivity index (χ3n) is 3.75. The molecule has 3 heterocycles. The summed E-state index contributed by atoms with van der Waals surface area (Å²) in [6, 6.07) is 1.68. The summed E-state index contributed by atoms with van der Waals surface area (Å²) in [5.74, 6) is 2.68. The van der Waals surface area contributed by atoms with Crippen LogP contribution >= 0.6 is 0 Å². The second-order valence-electron chi connectivity index (χ2n) is 6.20. The molecular weight excluding hydrogens is 312 g/mol. The molecule has 1 atom stereocenters. The van der Waals surface area contributed by atoms with Crippen LogP contribution < -0.4 is 5.32 Å². The maximum Gasteiger partial charge on any atom is 0.239 e. The van der Waals surface area contributed by atoms with E-state index in [1.54, 1.807) is 13.0 Å².